The molecule has 0 fully saturated rings. The molecule has 4 rings (SSSR count). The fourth-order valence-corrected chi connectivity index (χ4v) is 2.78. The molecule has 0 bridgehead atoms. The summed E-state index contributed by atoms with van der Waals surface area (Å²) in [4.78, 5) is 23.5. The number of nitrogens with one attached hydrogen (secondary N) is 1. The summed E-state index contributed by atoms with van der Waals surface area (Å²) in [6.07, 6.45) is 1.83. The Morgan fingerprint density at radius 2 is 2.11 bits per heavy atom. The molecule has 1 aromatic carbocycles. The number of aryl methyl sites for hydroxylation is 1. The molecule has 136 valence electrons. The second-order valence-corrected chi connectivity index (χ2v) is 6.02. The molecule has 0 saturated carbocycles. The third kappa shape index (κ3) is 3.50. The van der Waals surface area contributed by atoms with Crippen LogP contribution >= 0.6 is 0 Å². The van der Waals surface area contributed by atoms with Gasteiger partial charge in [-0.1, -0.05) is 6.07 Å². The van der Waals surface area contributed by atoms with Crippen molar-refractivity contribution >= 4 is 22.5 Å². The van der Waals surface area contributed by atoms with E-state index in [9.17, 15) is 9.59 Å². The lowest BCUT2D eigenvalue weighted by Gasteiger charge is -2.08. The van der Waals surface area contributed by atoms with Gasteiger partial charge in [0, 0.05) is 23.7 Å². The number of fused-ring (bicyclic) bond motifs is 2. The van der Waals surface area contributed by atoms with Crippen LogP contribution in [0.5, 0.6) is 5.75 Å². The molecular weight excluding hydrogens is 348 g/mol. The van der Waals surface area contributed by atoms with E-state index in [0.29, 0.717) is 22.8 Å². The zero-order valence-corrected chi connectivity index (χ0v) is 14.5. The van der Waals surface area contributed by atoms with Crippen molar-refractivity contribution in [2.75, 3.05) is 6.61 Å². The highest BCUT2D eigenvalue weighted by molar-refractivity contribution is 5.81. The minimum atomic E-state index is -0.421. The Morgan fingerprint density at radius 1 is 1.22 bits per heavy atom. The lowest BCUT2D eigenvalue weighted by molar-refractivity contribution is -0.123. The van der Waals surface area contributed by atoms with Crippen molar-refractivity contribution in [3.63, 3.8) is 0 Å². The van der Waals surface area contributed by atoms with Crippen molar-refractivity contribution in [3.8, 4) is 5.75 Å². The Kier molecular flexibility index (Phi) is 4.29. The maximum absolute atomic E-state index is 12.1. The maximum atomic E-state index is 12.1. The summed E-state index contributed by atoms with van der Waals surface area (Å²) < 4.78 is 12.5. The number of hydrogen-bond donors (Lipinski definition) is 1. The van der Waals surface area contributed by atoms with Crippen molar-refractivity contribution < 1.29 is 13.9 Å². The van der Waals surface area contributed by atoms with Gasteiger partial charge in [0.15, 0.2) is 18.1 Å². The largest absolute Gasteiger partial charge is 0.484 e. The summed E-state index contributed by atoms with van der Waals surface area (Å²) in [6.45, 7) is 1.90. The minimum absolute atomic E-state index is 0.168. The Hall–Kier alpha value is -3.68. The van der Waals surface area contributed by atoms with E-state index in [4.69, 9.17) is 9.15 Å². The number of rotatable bonds is 5. The van der Waals surface area contributed by atoms with Crippen molar-refractivity contribution in [3.05, 3.63) is 70.5 Å². The molecule has 0 aliphatic rings. The number of pyridine rings is 1. The normalized spacial score (nSPS) is 11.0. The summed E-state index contributed by atoms with van der Waals surface area (Å²) in [6, 6.07) is 12.1. The molecule has 4 aromatic rings. The van der Waals surface area contributed by atoms with E-state index < -0.39 is 5.63 Å². The summed E-state index contributed by atoms with van der Waals surface area (Å²) in [5.74, 6) is 0.773. The van der Waals surface area contributed by atoms with Crippen LogP contribution in [0.15, 0.2) is 57.9 Å². The van der Waals surface area contributed by atoms with Crippen LogP contribution < -0.4 is 15.7 Å². The van der Waals surface area contributed by atoms with Gasteiger partial charge in [-0.3, -0.25) is 9.20 Å². The van der Waals surface area contributed by atoms with Gasteiger partial charge in [0.05, 0.1) is 6.54 Å². The van der Waals surface area contributed by atoms with Gasteiger partial charge < -0.3 is 14.5 Å². The molecule has 8 heteroatoms. The summed E-state index contributed by atoms with van der Waals surface area (Å²) in [5, 5.41) is 11.6. The molecule has 8 nitrogen and oxygen atoms in total. The van der Waals surface area contributed by atoms with Crippen LogP contribution in [0.3, 0.4) is 0 Å². The molecule has 0 aliphatic carbocycles. The number of carbonyl (C=O) groups excluding carboxylic acids is 1. The monoisotopic (exact) mass is 364 g/mol. The molecule has 0 aliphatic heterocycles. The lowest BCUT2D eigenvalue weighted by atomic mass is 10.1. The highest BCUT2D eigenvalue weighted by atomic mass is 16.5. The molecule has 0 unspecified atom stereocenters. The summed E-state index contributed by atoms with van der Waals surface area (Å²) in [7, 11) is 0. The van der Waals surface area contributed by atoms with E-state index in [0.717, 1.165) is 10.9 Å². The van der Waals surface area contributed by atoms with Gasteiger partial charge in [0.1, 0.15) is 11.3 Å². The van der Waals surface area contributed by atoms with Crippen LogP contribution in [-0.2, 0) is 11.3 Å². The number of carbonyl (C=O) groups is 1. The standard InChI is InChI=1S/C19H16N4O4/c1-12-8-19(25)27-15-9-13(5-6-14(12)15)26-11-18(24)20-10-17-22-21-16-4-2-3-7-23(16)17/h2-9H,10-11H2,1H3,(H,20,24). The van der Waals surface area contributed by atoms with Gasteiger partial charge in [-0.05, 0) is 36.8 Å². The first-order chi connectivity index (χ1) is 13.1. The zero-order chi connectivity index (χ0) is 18.8. The highest BCUT2D eigenvalue weighted by Crippen LogP contribution is 2.22. The van der Waals surface area contributed by atoms with Gasteiger partial charge in [-0.25, -0.2) is 4.79 Å². The van der Waals surface area contributed by atoms with E-state index in [-0.39, 0.29) is 19.1 Å². The number of ether oxygens (including phenoxy) is 1. The first-order valence-corrected chi connectivity index (χ1v) is 8.33. The average Bonchev–Trinajstić information content (AvgIpc) is 3.07. The fraction of sp³-hybridized carbons (Fsp3) is 0.158. The number of aromatic nitrogens is 3. The van der Waals surface area contributed by atoms with Crippen LogP contribution in [-0.4, -0.2) is 27.1 Å². The third-order valence-corrected chi connectivity index (χ3v) is 4.12. The molecule has 0 spiro atoms. The molecule has 27 heavy (non-hydrogen) atoms. The summed E-state index contributed by atoms with van der Waals surface area (Å²) >= 11 is 0. The second-order valence-electron chi connectivity index (χ2n) is 6.02. The van der Waals surface area contributed by atoms with Crippen molar-refractivity contribution in [1.29, 1.82) is 0 Å². The van der Waals surface area contributed by atoms with Crippen LogP contribution in [0, 0.1) is 6.92 Å². The molecule has 0 atom stereocenters. The molecule has 1 N–H and O–H groups in total. The topological polar surface area (TPSA) is 98.7 Å². The summed E-state index contributed by atoms with van der Waals surface area (Å²) in [5.41, 5.74) is 1.54. The van der Waals surface area contributed by atoms with Crippen molar-refractivity contribution in [1.82, 2.24) is 19.9 Å². The SMILES string of the molecule is Cc1cc(=O)oc2cc(OCC(=O)NCc3nnc4ccccn34)ccc12. The van der Waals surface area contributed by atoms with Gasteiger partial charge in [-0.15, -0.1) is 10.2 Å². The fourth-order valence-electron chi connectivity index (χ4n) is 2.78. The van der Waals surface area contributed by atoms with Gasteiger partial charge in [0.2, 0.25) is 0 Å². The Bertz CT molecular complexity index is 1200. The van der Waals surface area contributed by atoms with Gasteiger partial charge >= 0.3 is 5.63 Å². The van der Waals surface area contributed by atoms with Crippen LogP contribution in [0.2, 0.25) is 0 Å². The Morgan fingerprint density at radius 3 is 3.00 bits per heavy atom. The van der Waals surface area contributed by atoms with Crippen molar-refractivity contribution in [2.45, 2.75) is 13.5 Å². The van der Waals surface area contributed by atoms with Gasteiger partial charge in [-0.2, -0.15) is 0 Å². The number of benzene rings is 1. The number of hydrogen-bond acceptors (Lipinski definition) is 6. The van der Waals surface area contributed by atoms with E-state index in [1.54, 1.807) is 22.6 Å². The molecule has 0 radical (unpaired) electrons. The Balaban J connectivity index is 1.39. The second kappa shape index (κ2) is 6.91. The van der Waals surface area contributed by atoms with E-state index >= 15 is 0 Å². The predicted molar refractivity (Wildman–Crippen MR) is 97.5 cm³/mol. The maximum Gasteiger partial charge on any atom is 0.336 e. The number of nitrogens with zero attached hydrogens (tertiary/aromatic N) is 3. The molecule has 3 heterocycles. The molecular formula is C19H16N4O4. The third-order valence-electron chi connectivity index (χ3n) is 4.12. The van der Waals surface area contributed by atoms with Crippen LogP contribution in [0.4, 0.5) is 0 Å². The zero-order valence-electron chi connectivity index (χ0n) is 14.5. The van der Waals surface area contributed by atoms with E-state index in [2.05, 4.69) is 15.5 Å². The molecule has 3 aromatic heterocycles. The Labute approximate surface area is 153 Å². The quantitative estimate of drug-likeness (QED) is 0.543. The van der Waals surface area contributed by atoms with Crippen LogP contribution in [0.25, 0.3) is 16.6 Å². The predicted octanol–water partition coefficient (Wildman–Crippen LogP) is 1.84. The minimum Gasteiger partial charge on any atom is -0.484 e. The average molecular weight is 364 g/mol. The first-order valence-electron chi connectivity index (χ1n) is 8.33. The van der Waals surface area contributed by atoms with Crippen molar-refractivity contribution in [2.24, 2.45) is 0 Å². The smallest absolute Gasteiger partial charge is 0.336 e. The lowest BCUT2D eigenvalue weighted by Crippen LogP contribution is -2.29. The highest BCUT2D eigenvalue weighted by Gasteiger charge is 2.09. The van der Waals surface area contributed by atoms with E-state index in [1.165, 1.54) is 6.07 Å². The molecule has 1 amide bonds. The first kappa shape index (κ1) is 16.8. The van der Waals surface area contributed by atoms with Crippen LogP contribution in [0.1, 0.15) is 11.4 Å². The van der Waals surface area contributed by atoms with Gasteiger partial charge in [0.25, 0.3) is 5.91 Å². The van der Waals surface area contributed by atoms with E-state index in [1.807, 2.05) is 31.3 Å². The number of amides is 1. The molecule has 0 saturated heterocycles.